The average molecular weight is 524 g/mol. The van der Waals surface area contributed by atoms with Crippen molar-refractivity contribution in [1.82, 2.24) is 29.9 Å². The molecule has 5 rings (SSSR count). The molecular weight excluding hydrogens is 498 g/mol. The average Bonchev–Trinajstić information content (AvgIpc) is 3.56. The highest BCUT2D eigenvalue weighted by Gasteiger charge is 2.26. The van der Waals surface area contributed by atoms with Crippen molar-refractivity contribution in [3.8, 4) is 5.82 Å². The number of piperidine rings is 1. The summed E-state index contributed by atoms with van der Waals surface area (Å²) in [6.07, 6.45) is 5.80. The Kier molecular flexibility index (Phi) is 6.56. The van der Waals surface area contributed by atoms with E-state index in [0.717, 1.165) is 5.82 Å². The molecule has 0 unspecified atom stereocenters. The van der Waals surface area contributed by atoms with Crippen LogP contribution in [-0.4, -0.2) is 57.3 Å². The molecule has 1 amide bonds. The van der Waals surface area contributed by atoms with Crippen molar-refractivity contribution in [3.05, 3.63) is 60.6 Å². The standard InChI is InChI=1S/C23H25N9O4S/c1-15-16(2)29-36-23(15)30-37(34,35)19-5-3-18(4-6-19)28-22(33)17-7-9-31(10-8-17)20-11-21(26-13-25-20)32-14-24-12-27-32/h3-6,11-14,17,30H,7-10H2,1-2H3,(H,28,33). The highest BCUT2D eigenvalue weighted by atomic mass is 32.2. The Hall–Kier alpha value is -4.33. The van der Waals surface area contributed by atoms with Gasteiger partial charge in [-0.15, -0.1) is 0 Å². The van der Waals surface area contributed by atoms with Crippen molar-refractivity contribution in [3.63, 3.8) is 0 Å². The van der Waals surface area contributed by atoms with E-state index < -0.39 is 10.0 Å². The van der Waals surface area contributed by atoms with Crippen molar-refractivity contribution in [2.24, 2.45) is 5.92 Å². The Balaban J connectivity index is 1.17. The van der Waals surface area contributed by atoms with Gasteiger partial charge in [0.05, 0.1) is 10.6 Å². The van der Waals surface area contributed by atoms with E-state index in [1.165, 1.54) is 24.8 Å². The summed E-state index contributed by atoms with van der Waals surface area (Å²) in [6, 6.07) is 7.82. The van der Waals surface area contributed by atoms with Gasteiger partial charge < -0.3 is 14.7 Å². The highest BCUT2D eigenvalue weighted by Crippen LogP contribution is 2.25. The van der Waals surface area contributed by atoms with Crippen molar-refractivity contribution in [1.29, 1.82) is 0 Å². The molecule has 3 aromatic heterocycles. The summed E-state index contributed by atoms with van der Waals surface area (Å²) in [5, 5.41) is 10.7. The minimum Gasteiger partial charge on any atom is -0.356 e. The molecule has 0 saturated carbocycles. The van der Waals surface area contributed by atoms with E-state index in [9.17, 15) is 13.2 Å². The van der Waals surface area contributed by atoms with Crippen molar-refractivity contribution in [2.75, 3.05) is 28.0 Å². The number of hydrogen-bond acceptors (Lipinski definition) is 10. The first kappa shape index (κ1) is 24.4. The number of sulfonamides is 1. The zero-order chi connectivity index (χ0) is 26.0. The highest BCUT2D eigenvalue weighted by molar-refractivity contribution is 7.92. The summed E-state index contributed by atoms with van der Waals surface area (Å²) in [6.45, 7) is 4.77. The number of carbonyl (C=O) groups is 1. The first-order valence-electron chi connectivity index (χ1n) is 11.6. The fourth-order valence-electron chi connectivity index (χ4n) is 3.99. The number of aryl methyl sites for hydroxylation is 1. The molecule has 1 aromatic carbocycles. The molecule has 37 heavy (non-hydrogen) atoms. The number of nitrogens with zero attached hydrogens (tertiary/aromatic N) is 7. The van der Waals surface area contributed by atoms with Crippen LogP contribution in [0.5, 0.6) is 0 Å². The molecule has 2 N–H and O–H groups in total. The zero-order valence-electron chi connectivity index (χ0n) is 20.2. The van der Waals surface area contributed by atoms with Gasteiger partial charge in [-0.05, 0) is 51.0 Å². The normalized spacial score (nSPS) is 14.5. The second-order valence-electron chi connectivity index (χ2n) is 8.68. The molecule has 14 heteroatoms. The molecule has 0 atom stereocenters. The van der Waals surface area contributed by atoms with Crippen LogP contribution in [0.4, 0.5) is 17.4 Å². The van der Waals surface area contributed by atoms with E-state index >= 15 is 0 Å². The van der Waals surface area contributed by atoms with Crippen molar-refractivity contribution in [2.45, 2.75) is 31.6 Å². The first-order chi connectivity index (χ1) is 17.8. The number of amides is 1. The van der Waals surface area contributed by atoms with Crippen LogP contribution >= 0.6 is 0 Å². The summed E-state index contributed by atoms with van der Waals surface area (Å²) in [7, 11) is -3.86. The number of benzene rings is 1. The maximum atomic E-state index is 12.9. The number of carbonyl (C=O) groups excluding carboxylic acids is 1. The predicted octanol–water partition coefficient (Wildman–Crippen LogP) is 2.32. The van der Waals surface area contributed by atoms with E-state index in [1.807, 2.05) is 6.07 Å². The minimum atomic E-state index is -3.86. The first-order valence-corrected chi connectivity index (χ1v) is 13.1. The van der Waals surface area contributed by atoms with Gasteiger partial charge in [0.25, 0.3) is 10.0 Å². The van der Waals surface area contributed by atoms with E-state index in [2.05, 4.69) is 40.1 Å². The molecule has 1 saturated heterocycles. The molecule has 1 aliphatic heterocycles. The lowest BCUT2D eigenvalue weighted by Crippen LogP contribution is -2.38. The Bertz CT molecular complexity index is 1490. The Labute approximate surface area is 213 Å². The molecule has 13 nitrogen and oxygen atoms in total. The second kappa shape index (κ2) is 9.97. The van der Waals surface area contributed by atoms with E-state index in [-0.39, 0.29) is 22.6 Å². The minimum absolute atomic E-state index is 0.0439. The van der Waals surface area contributed by atoms with Crippen molar-refractivity contribution >= 4 is 33.3 Å². The SMILES string of the molecule is Cc1noc(NS(=O)(=O)c2ccc(NC(=O)C3CCN(c4cc(-n5cncn5)ncn4)CC3)cc2)c1C. The third-order valence-corrected chi connectivity index (χ3v) is 7.64. The van der Waals surface area contributed by atoms with Gasteiger partial charge in [0.1, 0.15) is 24.8 Å². The summed E-state index contributed by atoms with van der Waals surface area (Å²) in [5.41, 5.74) is 1.75. The number of aromatic nitrogens is 6. The largest absolute Gasteiger partial charge is 0.356 e. The molecule has 1 aliphatic rings. The number of nitrogens with one attached hydrogen (secondary N) is 2. The summed E-state index contributed by atoms with van der Waals surface area (Å²) in [4.78, 5) is 27.5. The molecular formula is C23H25N9O4S. The lowest BCUT2D eigenvalue weighted by molar-refractivity contribution is -0.120. The predicted molar refractivity (Wildman–Crippen MR) is 134 cm³/mol. The van der Waals surface area contributed by atoms with Crippen molar-refractivity contribution < 1.29 is 17.7 Å². The fraction of sp³-hybridized carbons (Fsp3) is 0.304. The fourth-order valence-corrected chi connectivity index (χ4v) is 5.03. The molecule has 0 radical (unpaired) electrons. The number of hydrogen-bond donors (Lipinski definition) is 2. The molecule has 1 fully saturated rings. The van der Waals surface area contributed by atoms with Crippen LogP contribution < -0.4 is 14.9 Å². The van der Waals surface area contributed by atoms with Gasteiger partial charge in [0, 0.05) is 36.3 Å². The van der Waals surface area contributed by atoms with Crippen LogP contribution in [0.1, 0.15) is 24.1 Å². The maximum Gasteiger partial charge on any atom is 0.264 e. The van der Waals surface area contributed by atoms with Gasteiger partial charge in [-0.3, -0.25) is 4.79 Å². The van der Waals surface area contributed by atoms with Crippen LogP contribution in [0.3, 0.4) is 0 Å². The van der Waals surface area contributed by atoms with Gasteiger partial charge in [-0.25, -0.2) is 32.8 Å². The van der Waals surface area contributed by atoms with Crippen LogP contribution in [0.15, 0.2) is 58.7 Å². The van der Waals surface area contributed by atoms with Crippen LogP contribution in [0.25, 0.3) is 5.82 Å². The Morgan fingerprint density at radius 3 is 2.43 bits per heavy atom. The smallest absolute Gasteiger partial charge is 0.264 e. The number of anilines is 3. The van der Waals surface area contributed by atoms with Gasteiger partial charge in [-0.2, -0.15) is 5.10 Å². The van der Waals surface area contributed by atoms with Crippen LogP contribution in [0, 0.1) is 19.8 Å². The Morgan fingerprint density at radius 1 is 1.05 bits per heavy atom. The molecule has 0 spiro atoms. The summed E-state index contributed by atoms with van der Waals surface area (Å²) in [5.74, 6) is 1.19. The second-order valence-corrected chi connectivity index (χ2v) is 10.4. The number of rotatable bonds is 7. The Morgan fingerprint density at radius 2 is 1.78 bits per heavy atom. The van der Waals surface area contributed by atoms with Gasteiger partial charge in [0.2, 0.25) is 11.8 Å². The van der Waals surface area contributed by atoms with Crippen LogP contribution in [0.2, 0.25) is 0 Å². The molecule has 4 heterocycles. The molecule has 0 aliphatic carbocycles. The van der Waals surface area contributed by atoms with E-state index in [4.69, 9.17) is 4.52 Å². The van der Waals surface area contributed by atoms with Gasteiger partial charge in [0.15, 0.2) is 5.82 Å². The third kappa shape index (κ3) is 5.28. The monoisotopic (exact) mass is 523 g/mol. The maximum absolute atomic E-state index is 12.9. The topological polar surface area (TPSA) is 161 Å². The molecule has 0 bridgehead atoms. The van der Waals surface area contributed by atoms with Gasteiger partial charge in [-0.1, -0.05) is 5.16 Å². The van der Waals surface area contributed by atoms with Gasteiger partial charge >= 0.3 is 0 Å². The lowest BCUT2D eigenvalue weighted by atomic mass is 9.96. The lowest BCUT2D eigenvalue weighted by Gasteiger charge is -2.32. The van der Waals surface area contributed by atoms with E-state index in [1.54, 1.807) is 37.0 Å². The summed E-state index contributed by atoms with van der Waals surface area (Å²) >= 11 is 0. The molecule has 4 aromatic rings. The van der Waals surface area contributed by atoms with Crippen LogP contribution in [-0.2, 0) is 14.8 Å². The van der Waals surface area contributed by atoms with E-state index in [0.29, 0.717) is 48.7 Å². The quantitative estimate of drug-likeness (QED) is 0.368. The molecule has 192 valence electrons. The zero-order valence-corrected chi connectivity index (χ0v) is 21.0. The third-order valence-electron chi connectivity index (χ3n) is 6.30. The summed E-state index contributed by atoms with van der Waals surface area (Å²) < 4.78 is 34.3.